The van der Waals surface area contributed by atoms with Crippen molar-refractivity contribution in [1.29, 1.82) is 0 Å². The topological polar surface area (TPSA) is 66.3 Å². The van der Waals surface area contributed by atoms with Crippen LogP contribution in [0, 0.1) is 11.3 Å². The molecule has 1 saturated heterocycles. The number of hydrogen-bond donors (Lipinski definition) is 1. The number of carboxylic acid groups (broad SMARTS) is 1. The molecule has 0 spiro atoms. The molecule has 6 heteroatoms. The molecule has 0 aliphatic carbocycles. The van der Waals surface area contributed by atoms with Gasteiger partial charge in [0.25, 0.3) is 0 Å². The van der Waals surface area contributed by atoms with Gasteiger partial charge in [0.05, 0.1) is 5.41 Å². The van der Waals surface area contributed by atoms with Crippen molar-refractivity contribution in [2.45, 2.75) is 20.3 Å². The average Bonchev–Trinajstić information content (AvgIpc) is 2.87. The van der Waals surface area contributed by atoms with Crippen molar-refractivity contribution >= 4 is 22.4 Å². The smallest absolute Gasteiger partial charge is 0.311 e. The molecule has 0 radical (unpaired) electrons. The summed E-state index contributed by atoms with van der Waals surface area (Å²) < 4.78 is 0. The van der Waals surface area contributed by atoms with Crippen LogP contribution in [0.4, 0.5) is 5.13 Å². The largest absolute Gasteiger partial charge is 0.481 e. The van der Waals surface area contributed by atoms with Gasteiger partial charge in [0, 0.05) is 13.1 Å². The Kier molecular flexibility index (Phi) is 2.84. The lowest BCUT2D eigenvalue weighted by molar-refractivity contribution is -0.150. The second kappa shape index (κ2) is 4.01. The minimum absolute atomic E-state index is 0.128. The molecule has 0 aromatic carbocycles. The quantitative estimate of drug-likeness (QED) is 0.868. The standard InChI is InChI=1S/C10H15N3O2S/c1-7(2)10(8(14)15)3-4-13(5-10)9-12-11-6-16-9/h6-7H,3-5H2,1-2H3,(H,14,15). The van der Waals surface area contributed by atoms with Gasteiger partial charge in [0.1, 0.15) is 5.51 Å². The second-order valence-electron chi connectivity index (χ2n) is 4.51. The lowest BCUT2D eigenvalue weighted by Gasteiger charge is -2.28. The van der Waals surface area contributed by atoms with Crippen molar-refractivity contribution in [3.8, 4) is 0 Å². The van der Waals surface area contributed by atoms with Gasteiger partial charge in [-0.2, -0.15) is 0 Å². The first-order valence-electron chi connectivity index (χ1n) is 5.31. The van der Waals surface area contributed by atoms with Crippen molar-refractivity contribution in [2.24, 2.45) is 11.3 Å². The van der Waals surface area contributed by atoms with Crippen molar-refractivity contribution in [3.63, 3.8) is 0 Å². The molecular weight excluding hydrogens is 226 g/mol. The van der Waals surface area contributed by atoms with E-state index in [4.69, 9.17) is 0 Å². The monoisotopic (exact) mass is 241 g/mol. The van der Waals surface area contributed by atoms with Gasteiger partial charge in [0.15, 0.2) is 0 Å². The molecule has 2 heterocycles. The van der Waals surface area contributed by atoms with Crippen molar-refractivity contribution in [3.05, 3.63) is 5.51 Å². The fourth-order valence-corrected chi connectivity index (χ4v) is 2.78. The number of nitrogens with zero attached hydrogens (tertiary/aromatic N) is 3. The molecule has 2 rings (SSSR count). The van der Waals surface area contributed by atoms with E-state index in [2.05, 4.69) is 10.2 Å². The predicted octanol–water partition coefficient (Wildman–Crippen LogP) is 1.48. The Morgan fingerprint density at radius 2 is 2.44 bits per heavy atom. The van der Waals surface area contributed by atoms with Gasteiger partial charge in [-0.3, -0.25) is 4.79 Å². The van der Waals surface area contributed by atoms with Gasteiger partial charge in [-0.25, -0.2) is 0 Å². The maximum absolute atomic E-state index is 11.4. The molecule has 88 valence electrons. The Morgan fingerprint density at radius 1 is 1.69 bits per heavy atom. The molecule has 1 aromatic heterocycles. The van der Waals surface area contributed by atoms with Crippen LogP contribution in [0.15, 0.2) is 5.51 Å². The van der Waals surface area contributed by atoms with Gasteiger partial charge in [0.2, 0.25) is 5.13 Å². The van der Waals surface area contributed by atoms with Crippen LogP contribution in [0.1, 0.15) is 20.3 Å². The van der Waals surface area contributed by atoms with E-state index >= 15 is 0 Å². The van der Waals surface area contributed by atoms with E-state index in [1.165, 1.54) is 11.3 Å². The van der Waals surface area contributed by atoms with E-state index in [9.17, 15) is 9.90 Å². The molecule has 1 atom stereocenters. The maximum atomic E-state index is 11.4. The summed E-state index contributed by atoms with van der Waals surface area (Å²) in [5.74, 6) is -0.572. The molecular formula is C10H15N3O2S. The summed E-state index contributed by atoms with van der Waals surface area (Å²) in [6.45, 7) is 5.23. The third kappa shape index (κ3) is 1.67. The minimum atomic E-state index is -0.700. The van der Waals surface area contributed by atoms with Crippen LogP contribution in [0.5, 0.6) is 0 Å². The Bertz CT molecular complexity index is 379. The fourth-order valence-electron chi connectivity index (χ4n) is 2.19. The molecule has 5 nitrogen and oxygen atoms in total. The van der Waals surface area contributed by atoms with Gasteiger partial charge in [-0.1, -0.05) is 25.2 Å². The van der Waals surface area contributed by atoms with Gasteiger partial charge < -0.3 is 10.0 Å². The first-order chi connectivity index (χ1) is 7.56. The summed E-state index contributed by atoms with van der Waals surface area (Å²) in [5.41, 5.74) is 1.04. The van der Waals surface area contributed by atoms with Crippen LogP contribution < -0.4 is 4.90 Å². The van der Waals surface area contributed by atoms with E-state index in [0.717, 1.165) is 11.7 Å². The third-order valence-electron chi connectivity index (χ3n) is 3.45. The van der Waals surface area contributed by atoms with Gasteiger partial charge in [-0.05, 0) is 12.3 Å². The number of carboxylic acids is 1. The molecule has 1 unspecified atom stereocenters. The number of aromatic nitrogens is 2. The Balaban J connectivity index is 2.20. The SMILES string of the molecule is CC(C)C1(C(=O)O)CCN(c2nncs2)C1. The molecule has 0 amide bonds. The summed E-state index contributed by atoms with van der Waals surface area (Å²) in [7, 11) is 0. The number of aliphatic carboxylic acids is 1. The molecule has 1 fully saturated rings. The van der Waals surface area contributed by atoms with E-state index in [0.29, 0.717) is 13.0 Å². The van der Waals surface area contributed by atoms with Crippen LogP contribution >= 0.6 is 11.3 Å². The predicted molar refractivity (Wildman–Crippen MR) is 61.6 cm³/mol. The normalized spacial score (nSPS) is 25.3. The zero-order valence-electron chi connectivity index (χ0n) is 9.38. The lowest BCUT2D eigenvalue weighted by atomic mass is 9.76. The summed E-state index contributed by atoms with van der Waals surface area (Å²) >= 11 is 1.46. The summed E-state index contributed by atoms with van der Waals surface area (Å²) in [4.78, 5) is 13.4. The van der Waals surface area contributed by atoms with Crippen LogP contribution in [0.25, 0.3) is 0 Å². The van der Waals surface area contributed by atoms with E-state index in [1.807, 2.05) is 18.7 Å². The highest BCUT2D eigenvalue weighted by molar-refractivity contribution is 7.13. The molecule has 1 aromatic rings. The number of anilines is 1. The van der Waals surface area contributed by atoms with Crippen molar-refractivity contribution < 1.29 is 9.90 Å². The van der Waals surface area contributed by atoms with Crippen molar-refractivity contribution in [1.82, 2.24) is 10.2 Å². The number of carbonyl (C=O) groups is 1. The summed E-state index contributed by atoms with van der Waals surface area (Å²) in [6, 6.07) is 0. The molecule has 1 N–H and O–H groups in total. The highest BCUT2D eigenvalue weighted by Gasteiger charge is 2.47. The number of rotatable bonds is 3. The average molecular weight is 241 g/mol. The molecule has 0 bridgehead atoms. The minimum Gasteiger partial charge on any atom is -0.481 e. The zero-order chi connectivity index (χ0) is 11.8. The summed E-state index contributed by atoms with van der Waals surface area (Å²) in [5, 5.41) is 18.0. The molecule has 1 aliphatic heterocycles. The highest BCUT2D eigenvalue weighted by Crippen LogP contribution is 2.40. The highest BCUT2D eigenvalue weighted by atomic mass is 32.1. The van der Waals surface area contributed by atoms with Crippen LogP contribution in [0.3, 0.4) is 0 Å². The first kappa shape index (κ1) is 11.3. The first-order valence-corrected chi connectivity index (χ1v) is 6.19. The van der Waals surface area contributed by atoms with E-state index in [-0.39, 0.29) is 5.92 Å². The van der Waals surface area contributed by atoms with Gasteiger partial charge in [-0.15, -0.1) is 10.2 Å². The maximum Gasteiger partial charge on any atom is 0.311 e. The van der Waals surface area contributed by atoms with Crippen molar-refractivity contribution in [2.75, 3.05) is 18.0 Å². The Hall–Kier alpha value is -1.17. The van der Waals surface area contributed by atoms with Crippen LogP contribution in [-0.4, -0.2) is 34.4 Å². The summed E-state index contributed by atoms with van der Waals surface area (Å²) in [6.07, 6.45) is 0.680. The van der Waals surface area contributed by atoms with E-state index < -0.39 is 11.4 Å². The van der Waals surface area contributed by atoms with Crippen LogP contribution in [-0.2, 0) is 4.79 Å². The lowest BCUT2D eigenvalue weighted by Crippen LogP contribution is -2.39. The Labute approximate surface area is 98.1 Å². The molecule has 0 saturated carbocycles. The fraction of sp³-hybridized carbons (Fsp3) is 0.700. The third-order valence-corrected chi connectivity index (χ3v) is 4.20. The Morgan fingerprint density at radius 3 is 2.88 bits per heavy atom. The zero-order valence-corrected chi connectivity index (χ0v) is 10.2. The van der Waals surface area contributed by atoms with Crippen LogP contribution in [0.2, 0.25) is 0 Å². The second-order valence-corrected chi connectivity index (χ2v) is 5.32. The van der Waals surface area contributed by atoms with Gasteiger partial charge >= 0.3 is 5.97 Å². The molecule has 1 aliphatic rings. The number of hydrogen-bond acceptors (Lipinski definition) is 5. The van der Waals surface area contributed by atoms with E-state index in [1.54, 1.807) is 5.51 Å². The molecule has 16 heavy (non-hydrogen) atoms.